The average molecular weight is 251 g/mol. The summed E-state index contributed by atoms with van der Waals surface area (Å²) < 4.78 is 1.71. The number of aromatic nitrogens is 3. The summed E-state index contributed by atoms with van der Waals surface area (Å²) in [5.74, 6) is 1.48. The maximum Gasteiger partial charge on any atom is 0.243 e. The Morgan fingerprint density at radius 1 is 1.35 bits per heavy atom. The van der Waals surface area contributed by atoms with Crippen molar-refractivity contribution in [1.29, 1.82) is 0 Å². The van der Waals surface area contributed by atoms with Crippen LogP contribution >= 0.6 is 11.6 Å². The van der Waals surface area contributed by atoms with Gasteiger partial charge in [-0.05, 0) is 30.9 Å². The Labute approximate surface area is 105 Å². The summed E-state index contributed by atoms with van der Waals surface area (Å²) in [7, 11) is 0. The number of hydrogen-bond donors (Lipinski definition) is 1. The monoisotopic (exact) mass is 250 g/mol. The SMILES string of the molecule is Clc1ccc2nc(NCC3CCCC3)nn2c1. The minimum Gasteiger partial charge on any atom is -0.353 e. The molecule has 2 aromatic heterocycles. The molecule has 0 unspecified atom stereocenters. The highest BCUT2D eigenvalue weighted by atomic mass is 35.5. The van der Waals surface area contributed by atoms with Crippen LogP contribution in [0, 0.1) is 5.92 Å². The molecule has 0 aromatic carbocycles. The van der Waals surface area contributed by atoms with E-state index in [9.17, 15) is 0 Å². The van der Waals surface area contributed by atoms with Gasteiger partial charge in [0.25, 0.3) is 0 Å². The van der Waals surface area contributed by atoms with E-state index in [4.69, 9.17) is 11.6 Å². The molecule has 2 aromatic rings. The van der Waals surface area contributed by atoms with Crippen molar-refractivity contribution >= 4 is 23.2 Å². The second-order valence-corrected chi connectivity index (χ2v) is 5.05. The zero-order valence-electron chi connectivity index (χ0n) is 9.56. The first kappa shape index (κ1) is 10.8. The quantitative estimate of drug-likeness (QED) is 0.911. The number of rotatable bonds is 3. The summed E-state index contributed by atoms with van der Waals surface area (Å²) in [5, 5.41) is 8.32. The van der Waals surface area contributed by atoms with Gasteiger partial charge in [-0.3, -0.25) is 0 Å². The molecule has 5 heteroatoms. The third-order valence-electron chi connectivity index (χ3n) is 3.32. The molecule has 0 atom stereocenters. The van der Waals surface area contributed by atoms with E-state index in [1.54, 1.807) is 10.7 Å². The number of pyridine rings is 1. The van der Waals surface area contributed by atoms with Crippen molar-refractivity contribution in [2.75, 3.05) is 11.9 Å². The standard InChI is InChI=1S/C12H15ClN4/c13-10-5-6-11-15-12(16-17(11)8-10)14-7-9-3-1-2-4-9/h5-6,8-9H,1-4,7H2,(H,14,16). The van der Waals surface area contributed by atoms with Gasteiger partial charge in [-0.25, -0.2) is 4.52 Å². The van der Waals surface area contributed by atoms with Gasteiger partial charge in [0.1, 0.15) is 0 Å². The molecule has 17 heavy (non-hydrogen) atoms. The first-order chi connectivity index (χ1) is 8.31. The van der Waals surface area contributed by atoms with Gasteiger partial charge in [-0.1, -0.05) is 24.4 Å². The maximum atomic E-state index is 5.90. The molecule has 90 valence electrons. The Kier molecular flexibility index (Phi) is 2.89. The molecule has 0 radical (unpaired) electrons. The van der Waals surface area contributed by atoms with E-state index >= 15 is 0 Å². The van der Waals surface area contributed by atoms with Crippen LogP contribution in [0.15, 0.2) is 18.3 Å². The van der Waals surface area contributed by atoms with Gasteiger partial charge in [0, 0.05) is 12.7 Å². The molecule has 0 bridgehead atoms. The van der Waals surface area contributed by atoms with Crippen LogP contribution in [0.3, 0.4) is 0 Å². The van der Waals surface area contributed by atoms with Crippen LogP contribution in [0.5, 0.6) is 0 Å². The van der Waals surface area contributed by atoms with Crippen LogP contribution in [0.25, 0.3) is 5.65 Å². The lowest BCUT2D eigenvalue weighted by atomic mass is 10.1. The van der Waals surface area contributed by atoms with Crippen molar-refractivity contribution < 1.29 is 0 Å². The first-order valence-electron chi connectivity index (χ1n) is 6.07. The Bertz CT molecular complexity index is 516. The zero-order valence-corrected chi connectivity index (χ0v) is 10.3. The maximum absolute atomic E-state index is 5.90. The van der Waals surface area contributed by atoms with E-state index in [0.717, 1.165) is 18.1 Å². The van der Waals surface area contributed by atoms with Gasteiger partial charge < -0.3 is 5.32 Å². The predicted molar refractivity (Wildman–Crippen MR) is 68.4 cm³/mol. The fraction of sp³-hybridized carbons (Fsp3) is 0.500. The van der Waals surface area contributed by atoms with Gasteiger partial charge >= 0.3 is 0 Å². The van der Waals surface area contributed by atoms with Gasteiger partial charge in [0.2, 0.25) is 5.95 Å². The molecule has 0 aliphatic heterocycles. The van der Waals surface area contributed by atoms with Crippen molar-refractivity contribution in [2.45, 2.75) is 25.7 Å². The third kappa shape index (κ3) is 2.36. The number of halogens is 1. The van der Waals surface area contributed by atoms with Crippen LogP contribution in [-0.4, -0.2) is 21.1 Å². The minimum atomic E-state index is 0.671. The second-order valence-electron chi connectivity index (χ2n) is 4.62. The van der Waals surface area contributed by atoms with Gasteiger partial charge in [0.15, 0.2) is 5.65 Å². The molecule has 1 saturated carbocycles. The molecule has 0 amide bonds. The molecule has 0 spiro atoms. The van der Waals surface area contributed by atoms with Crippen LogP contribution in [-0.2, 0) is 0 Å². The zero-order chi connectivity index (χ0) is 11.7. The van der Waals surface area contributed by atoms with Gasteiger partial charge in [-0.2, -0.15) is 4.98 Å². The predicted octanol–water partition coefficient (Wildman–Crippen LogP) is 2.98. The van der Waals surface area contributed by atoms with Crippen LogP contribution < -0.4 is 5.32 Å². The topological polar surface area (TPSA) is 42.2 Å². The van der Waals surface area contributed by atoms with E-state index in [1.807, 2.05) is 12.1 Å². The highest BCUT2D eigenvalue weighted by Gasteiger charge is 2.15. The number of nitrogens with zero attached hydrogens (tertiary/aromatic N) is 3. The Morgan fingerprint density at radius 3 is 3.00 bits per heavy atom. The molecule has 2 heterocycles. The molecule has 0 saturated heterocycles. The lowest BCUT2D eigenvalue weighted by Gasteiger charge is -2.07. The normalized spacial score (nSPS) is 16.8. The lowest BCUT2D eigenvalue weighted by Crippen LogP contribution is -2.11. The Balaban J connectivity index is 1.72. The molecular weight excluding hydrogens is 236 g/mol. The van der Waals surface area contributed by atoms with Gasteiger partial charge in [0.05, 0.1) is 5.02 Å². The van der Waals surface area contributed by atoms with E-state index in [2.05, 4.69) is 15.4 Å². The number of hydrogen-bond acceptors (Lipinski definition) is 3. The molecule has 1 fully saturated rings. The molecule has 4 nitrogen and oxygen atoms in total. The molecular formula is C12H15ClN4. The van der Waals surface area contributed by atoms with Crippen LogP contribution in [0.2, 0.25) is 5.02 Å². The summed E-state index contributed by atoms with van der Waals surface area (Å²) in [6, 6.07) is 3.70. The molecule has 3 rings (SSSR count). The third-order valence-corrected chi connectivity index (χ3v) is 3.54. The smallest absolute Gasteiger partial charge is 0.243 e. The molecule has 1 N–H and O–H groups in total. The highest BCUT2D eigenvalue weighted by Crippen LogP contribution is 2.24. The van der Waals surface area contributed by atoms with E-state index in [0.29, 0.717) is 11.0 Å². The van der Waals surface area contributed by atoms with Crippen molar-refractivity contribution in [3.05, 3.63) is 23.4 Å². The van der Waals surface area contributed by atoms with Crippen molar-refractivity contribution in [3.63, 3.8) is 0 Å². The van der Waals surface area contributed by atoms with Crippen molar-refractivity contribution in [1.82, 2.24) is 14.6 Å². The van der Waals surface area contributed by atoms with Crippen molar-refractivity contribution in [2.24, 2.45) is 5.92 Å². The summed E-state index contributed by atoms with van der Waals surface area (Å²) in [5.41, 5.74) is 0.823. The average Bonchev–Trinajstić information content (AvgIpc) is 2.94. The highest BCUT2D eigenvalue weighted by molar-refractivity contribution is 6.30. The summed E-state index contributed by atoms with van der Waals surface area (Å²) in [6.07, 6.45) is 7.14. The first-order valence-corrected chi connectivity index (χ1v) is 6.45. The minimum absolute atomic E-state index is 0.671. The molecule has 1 aliphatic carbocycles. The largest absolute Gasteiger partial charge is 0.353 e. The fourth-order valence-corrected chi connectivity index (χ4v) is 2.54. The Morgan fingerprint density at radius 2 is 2.18 bits per heavy atom. The number of anilines is 1. The lowest BCUT2D eigenvalue weighted by molar-refractivity contribution is 0.577. The van der Waals surface area contributed by atoms with Gasteiger partial charge in [-0.15, -0.1) is 5.10 Å². The fourth-order valence-electron chi connectivity index (χ4n) is 2.38. The summed E-state index contributed by atoms with van der Waals surface area (Å²) in [4.78, 5) is 4.40. The summed E-state index contributed by atoms with van der Waals surface area (Å²) >= 11 is 5.90. The second kappa shape index (κ2) is 4.53. The number of fused-ring (bicyclic) bond motifs is 1. The number of nitrogens with one attached hydrogen (secondary N) is 1. The van der Waals surface area contributed by atoms with E-state index in [1.165, 1.54) is 25.7 Å². The van der Waals surface area contributed by atoms with Crippen molar-refractivity contribution in [3.8, 4) is 0 Å². The Hall–Kier alpha value is -1.29. The van der Waals surface area contributed by atoms with Crippen LogP contribution in [0.1, 0.15) is 25.7 Å². The summed E-state index contributed by atoms with van der Waals surface area (Å²) in [6.45, 7) is 0.977. The van der Waals surface area contributed by atoms with Crippen LogP contribution in [0.4, 0.5) is 5.95 Å². The van der Waals surface area contributed by atoms with E-state index < -0.39 is 0 Å². The molecule has 1 aliphatic rings. The van der Waals surface area contributed by atoms with E-state index in [-0.39, 0.29) is 0 Å².